The Morgan fingerprint density at radius 2 is 1.61 bits per heavy atom. The Hall–Kier alpha value is -3.10. The SMILES string of the molecule is CC(C)C#Cc1c(F)cccc1CN1CCCC12CCN(C(=O)OC(C(F)(F)F)C(F)(F)F)CC2.O=C=O. The highest BCUT2D eigenvalue weighted by Gasteiger charge is 2.60. The number of alkyl halides is 6. The van der Waals surface area contributed by atoms with Crippen LogP contribution in [0.3, 0.4) is 0 Å². The van der Waals surface area contributed by atoms with Gasteiger partial charge in [0.05, 0.1) is 5.56 Å². The average Bonchev–Trinajstić information content (AvgIpc) is 3.17. The standard InChI is InChI=1S/C24H27F7N2O2.CO2/c1-16(2)7-8-18-17(5-3-6-19(18)25)15-33-12-4-9-22(33)10-13-32(14-11-22)21(34)35-20(23(26,27)28)24(29,30)31;2-1-3/h3,5-6,16,20H,4,9-15H2,1-2H3;. The van der Waals surface area contributed by atoms with Crippen molar-refractivity contribution in [3.05, 3.63) is 35.1 Å². The lowest BCUT2D eigenvalue weighted by Crippen LogP contribution is -2.54. The molecule has 2 fully saturated rings. The van der Waals surface area contributed by atoms with Gasteiger partial charge in [0.15, 0.2) is 0 Å². The third kappa shape index (κ3) is 7.95. The summed E-state index contributed by atoms with van der Waals surface area (Å²) in [5.41, 5.74) is 0.633. The zero-order valence-electron chi connectivity index (χ0n) is 20.7. The van der Waals surface area contributed by atoms with E-state index in [0.29, 0.717) is 37.1 Å². The number of hydrogen-bond acceptors (Lipinski definition) is 5. The summed E-state index contributed by atoms with van der Waals surface area (Å²) in [6, 6.07) is 4.73. The first kappa shape index (κ1) is 31.1. The molecule has 0 saturated carbocycles. The van der Waals surface area contributed by atoms with Gasteiger partial charge in [0.2, 0.25) is 0 Å². The molecule has 6 nitrogen and oxygen atoms in total. The van der Waals surface area contributed by atoms with E-state index in [0.717, 1.165) is 17.7 Å². The summed E-state index contributed by atoms with van der Waals surface area (Å²) in [6.07, 6.45) is -14.8. The smallest absolute Gasteiger partial charge is 0.426 e. The Balaban J connectivity index is 0.00000161. The van der Waals surface area contributed by atoms with Crippen LogP contribution in [0.4, 0.5) is 35.5 Å². The number of likely N-dealkylation sites (tertiary alicyclic amines) is 2. The molecule has 2 aliphatic rings. The molecule has 0 aromatic heterocycles. The predicted molar refractivity (Wildman–Crippen MR) is 119 cm³/mol. The molecule has 0 radical (unpaired) electrons. The minimum absolute atomic E-state index is 0.0407. The highest BCUT2D eigenvalue weighted by atomic mass is 19.4. The Kier molecular flexibility index (Phi) is 10.3. The van der Waals surface area contributed by atoms with E-state index < -0.39 is 30.4 Å². The molecule has 0 aliphatic carbocycles. The fourth-order valence-corrected chi connectivity index (χ4v) is 4.67. The summed E-state index contributed by atoms with van der Waals surface area (Å²) in [5, 5.41) is 0. The number of piperidine rings is 1. The maximum atomic E-state index is 14.5. The second kappa shape index (κ2) is 12.6. The maximum Gasteiger partial charge on any atom is 0.434 e. The van der Waals surface area contributed by atoms with E-state index >= 15 is 0 Å². The lowest BCUT2D eigenvalue weighted by molar-refractivity contribution is -0.308. The van der Waals surface area contributed by atoms with Crippen molar-refractivity contribution in [2.45, 2.75) is 70.1 Å². The van der Waals surface area contributed by atoms with Crippen LogP contribution in [0.25, 0.3) is 0 Å². The van der Waals surface area contributed by atoms with Gasteiger partial charge in [-0.05, 0) is 43.9 Å². The van der Waals surface area contributed by atoms with E-state index in [9.17, 15) is 35.5 Å². The Morgan fingerprint density at radius 3 is 2.13 bits per heavy atom. The van der Waals surface area contributed by atoms with Gasteiger partial charge in [-0.15, -0.1) is 0 Å². The van der Waals surface area contributed by atoms with Crippen LogP contribution in [0.15, 0.2) is 18.2 Å². The molecule has 0 N–H and O–H groups in total. The first-order valence-corrected chi connectivity index (χ1v) is 11.8. The van der Waals surface area contributed by atoms with Crippen molar-refractivity contribution in [1.29, 1.82) is 0 Å². The third-order valence-electron chi connectivity index (χ3n) is 6.45. The van der Waals surface area contributed by atoms with Crippen molar-refractivity contribution >= 4 is 12.2 Å². The number of rotatable bonds is 3. The highest BCUT2D eigenvalue weighted by Crippen LogP contribution is 2.41. The first-order chi connectivity index (χ1) is 17.6. The van der Waals surface area contributed by atoms with E-state index in [1.807, 2.05) is 13.8 Å². The van der Waals surface area contributed by atoms with Crippen molar-refractivity contribution in [2.24, 2.45) is 5.92 Å². The lowest BCUT2D eigenvalue weighted by Gasteiger charge is -2.45. The van der Waals surface area contributed by atoms with Crippen molar-refractivity contribution in [3.63, 3.8) is 0 Å². The number of nitrogens with zero attached hydrogens (tertiary/aromatic N) is 2. The molecule has 1 spiro atoms. The van der Waals surface area contributed by atoms with Crippen LogP contribution >= 0.6 is 0 Å². The normalized spacial score (nSPS) is 17.5. The summed E-state index contributed by atoms with van der Waals surface area (Å²) in [5.74, 6) is 5.50. The van der Waals surface area contributed by atoms with Crippen molar-refractivity contribution in [1.82, 2.24) is 9.80 Å². The number of amides is 1. The van der Waals surface area contributed by atoms with Crippen molar-refractivity contribution in [2.75, 3.05) is 19.6 Å². The second-order valence-electron chi connectivity index (χ2n) is 9.36. The van der Waals surface area contributed by atoms with Crippen LogP contribution < -0.4 is 0 Å². The number of carbonyl (C=O) groups excluding carboxylic acids is 3. The minimum atomic E-state index is -5.76. The van der Waals surface area contributed by atoms with Gasteiger partial charge in [-0.25, -0.2) is 9.18 Å². The van der Waals surface area contributed by atoms with Gasteiger partial charge in [-0.1, -0.05) is 37.8 Å². The van der Waals surface area contributed by atoms with Crippen LogP contribution in [-0.2, 0) is 20.9 Å². The van der Waals surface area contributed by atoms with Gasteiger partial charge in [-0.3, -0.25) is 4.90 Å². The van der Waals surface area contributed by atoms with Crippen LogP contribution in [0.1, 0.15) is 50.7 Å². The molecule has 2 saturated heterocycles. The largest absolute Gasteiger partial charge is 0.434 e. The van der Waals surface area contributed by atoms with Gasteiger partial charge >= 0.3 is 24.6 Å². The minimum Gasteiger partial charge on any atom is -0.426 e. The average molecular weight is 552 g/mol. The number of benzene rings is 1. The molecule has 0 unspecified atom stereocenters. The number of carbonyl (C=O) groups is 1. The summed E-state index contributed by atoms with van der Waals surface area (Å²) in [6.45, 7) is 4.80. The van der Waals surface area contributed by atoms with Gasteiger partial charge in [-0.2, -0.15) is 35.9 Å². The summed E-state index contributed by atoms with van der Waals surface area (Å²) in [4.78, 5) is 31.4. The molecule has 1 aromatic carbocycles. The van der Waals surface area contributed by atoms with Gasteiger partial charge in [0, 0.05) is 31.1 Å². The predicted octanol–water partition coefficient (Wildman–Crippen LogP) is 5.31. The molecule has 0 bridgehead atoms. The molecule has 3 rings (SSSR count). The number of hydrogen-bond donors (Lipinski definition) is 0. The maximum absolute atomic E-state index is 14.5. The molecular weight excluding hydrogens is 525 g/mol. The molecule has 210 valence electrons. The Bertz CT molecular complexity index is 1050. The molecule has 2 heterocycles. The Morgan fingerprint density at radius 1 is 1.03 bits per heavy atom. The van der Waals surface area contributed by atoms with Crippen LogP contribution in [0.5, 0.6) is 0 Å². The lowest BCUT2D eigenvalue weighted by atomic mass is 9.84. The third-order valence-corrected chi connectivity index (χ3v) is 6.45. The first-order valence-electron chi connectivity index (χ1n) is 11.8. The van der Waals surface area contributed by atoms with E-state index in [2.05, 4.69) is 21.5 Å². The molecule has 38 heavy (non-hydrogen) atoms. The van der Waals surface area contributed by atoms with Gasteiger partial charge in [0.25, 0.3) is 6.10 Å². The zero-order valence-corrected chi connectivity index (χ0v) is 20.7. The number of ether oxygens (including phenoxy) is 1. The number of halogens is 7. The van der Waals surface area contributed by atoms with Crippen molar-refractivity contribution < 1.29 is 49.9 Å². The molecule has 2 aliphatic heterocycles. The molecule has 13 heteroatoms. The van der Waals surface area contributed by atoms with Gasteiger partial charge in [0.1, 0.15) is 5.82 Å². The fourth-order valence-electron chi connectivity index (χ4n) is 4.67. The monoisotopic (exact) mass is 552 g/mol. The van der Waals surface area contributed by atoms with E-state index in [-0.39, 0.29) is 30.7 Å². The Labute approximate surface area is 215 Å². The molecule has 1 aromatic rings. The summed E-state index contributed by atoms with van der Waals surface area (Å²) in [7, 11) is 0. The quantitative estimate of drug-likeness (QED) is 0.376. The fraction of sp³-hybridized carbons (Fsp3) is 0.600. The second-order valence-corrected chi connectivity index (χ2v) is 9.36. The molecular formula is C25H27F7N2O4. The highest BCUT2D eigenvalue weighted by molar-refractivity contribution is 5.68. The topological polar surface area (TPSA) is 66.9 Å². The van der Waals surface area contributed by atoms with Gasteiger partial charge < -0.3 is 9.64 Å². The van der Waals surface area contributed by atoms with Crippen LogP contribution in [-0.4, -0.2) is 65.7 Å². The van der Waals surface area contributed by atoms with Crippen LogP contribution in [0.2, 0.25) is 0 Å². The zero-order chi connectivity index (χ0) is 28.7. The van der Waals surface area contributed by atoms with E-state index in [4.69, 9.17) is 9.59 Å². The summed E-state index contributed by atoms with van der Waals surface area (Å²) < 4.78 is 94.8. The molecule has 0 atom stereocenters. The van der Waals surface area contributed by atoms with Crippen LogP contribution in [0, 0.1) is 23.6 Å². The summed E-state index contributed by atoms with van der Waals surface area (Å²) >= 11 is 0. The van der Waals surface area contributed by atoms with E-state index in [1.54, 1.807) is 12.1 Å². The van der Waals surface area contributed by atoms with Crippen molar-refractivity contribution in [3.8, 4) is 11.8 Å². The molecule has 1 amide bonds. The van der Waals surface area contributed by atoms with E-state index in [1.165, 1.54) is 6.07 Å².